The first-order valence-electron chi connectivity index (χ1n) is 7.35. The minimum Gasteiger partial charge on any atom is -0.484 e. The molecule has 1 amide bonds. The molecule has 0 saturated carbocycles. The molecule has 0 saturated heterocycles. The smallest absolute Gasteiger partial charge is 0.258 e. The van der Waals surface area contributed by atoms with E-state index >= 15 is 0 Å². The molecule has 0 aliphatic heterocycles. The zero-order chi connectivity index (χ0) is 16.7. The summed E-state index contributed by atoms with van der Waals surface area (Å²) in [6.45, 7) is 1.96. The van der Waals surface area contributed by atoms with Gasteiger partial charge in [-0.05, 0) is 48.4 Å². The molecule has 23 heavy (non-hydrogen) atoms. The fourth-order valence-corrected chi connectivity index (χ4v) is 2.41. The molecule has 0 spiro atoms. The van der Waals surface area contributed by atoms with Crippen LogP contribution >= 0.6 is 15.9 Å². The lowest BCUT2D eigenvalue weighted by atomic mass is 10.0. The number of carbonyl (C=O) groups excluding carboxylic acids is 2. The third-order valence-electron chi connectivity index (χ3n) is 3.40. The van der Waals surface area contributed by atoms with E-state index in [9.17, 15) is 9.59 Å². The molecule has 0 fully saturated rings. The maximum atomic E-state index is 12.0. The number of amides is 1. The van der Waals surface area contributed by atoms with Crippen LogP contribution in [-0.4, -0.2) is 18.8 Å². The van der Waals surface area contributed by atoms with Crippen molar-refractivity contribution in [3.63, 3.8) is 0 Å². The van der Waals surface area contributed by atoms with Crippen LogP contribution in [0.1, 0.15) is 35.3 Å². The van der Waals surface area contributed by atoms with E-state index in [1.807, 2.05) is 31.2 Å². The molecule has 2 rings (SSSR count). The molecule has 4 nitrogen and oxygen atoms in total. The molecule has 2 aromatic carbocycles. The lowest BCUT2D eigenvalue weighted by Crippen LogP contribution is -2.32. The fourth-order valence-electron chi connectivity index (χ4n) is 2.14. The lowest BCUT2D eigenvalue weighted by molar-refractivity contribution is -0.123. The van der Waals surface area contributed by atoms with Gasteiger partial charge in [0.15, 0.2) is 6.61 Å². The Balaban J connectivity index is 1.89. The zero-order valence-corrected chi connectivity index (χ0v) is 14.4. The SMILES string of the molecule is CC[C@H](NC(=O)COc1ccc(C=O)cc1)c1ccc(Br)cc1. The summed E-state index contributed by atoms with van der Waals surface area (Å²) in [5.41, 5.74) is 1.63. The highest BCUT2D eigenvalue weighted by molar-refractivity contribution is 9.10. The van der Waals surface area contributed by atoms with E-state index in [1.165, 1.54) is 0 Å². The van der Waals surface area contributed by atoms with Gasteiger partial charge in [-0.2, -0.15) is 0 Å². The van der Waals surface area contributed by atoms with Crippen LogP contribution in [-0.2, 0) is 4.79 Å². The number of benzene rings is 2. The maximum Gasteiger partial charge on any atom is 0.258 e. The Labute approximate surface area is 144 Å². The summed E-state index contributed by atoms with van der Waals surface area (Å²) < 4.78 is 6.44. The summed E-state index contributed by atoms with van der Waals surface area (Å²) in [5, 5.41) is 2.96. The van der Waals surface area contributed by atoms with Crippen molar-refractivity contribution in [3.05, 3.63) is 64.1 Å². The Morgan fingerprint density at radius 2 is 1.83 bits per heavy atom. The van der Waals surface area contributed by atoms with Crippen molar-refractivity contribution < 1.29 is 14.3 Å². The van der Waals surface area contributed by atoms with E-state index in [2.05, 4.69) is 21.2 Å². The largest absolute Gasteiger partial charge is 0.484 e. The number of hydrogen-bond donors (Lipinski definition) is 1. The molecule has 1 atom stereocenters. The zero-order valence-electron chi connectivity index (χ0n) is 12.8. The quantitative estimate of drug-likeness (QED) is 0.746. The molecule has 0 radical (unpaired) electrons. The van der Waals surface area contributed by atoms with E-state index in [0.717, 1.165) is 22.7 Å². The van der Waals surface area contributed by atoms with Crippen molar-refractivity contribution in [1.82, 2.24) is 5.32 Å². The fraction of sp³-hybridized carbons (Fsp3) is 0.222. The molecule has 0 aliphatic rings. The van der Waals surface area contributed by atoms with Crippen molar-refractivity contribution in [3.8, 4) is 5.75 Å². The van der Waals surface area contributed by atoms with Crippen LogP contribution in [0, 0.1) is 0 Å². The summed E-state index contributed by atoms with van der Waals surface area (Å²) in [4.78, 5) is 22.6. The van der Waals surface area contributed by atoms with E-state index in [-0.39, 0.29) is 18.6 Å². The summed E-state index contributed by atoms with van der Waals surface area (Å²) in [6, 6.07) is 14.5. The van der Waals surface area contributed by atoms with Gasteiger partial charge in [0.1, 0.15) is 12.0 Å². The Morgan fingerprint density at radius 3 is 2.39 bits per heavy atom. The van der Waals surface area contributed by atoms with Crippen LogP contribution in [0.2, 0.25) is 0 Å². The summed E-state index contributed by atoms with van der Waals surface area (Å²) in [6.07, 6.45) is 1.56. The van der Waals surface area contributed by atoms with Gasteiger partial charge in [-0.1, -0.05) is 35.0 Å². The number of carbonyl (C=O) groups is 2. The van der Waals surface area contributed by atoms with Gasteiger partial charge < -0.3 is 10.1 Å². The van der Waals surface area contributed by atoms with Crippen LogP contribution in [0.5, 0.6) is 5.75 Å². The van der Waals surface area contributed by atoms with Gasteiger partial charge in [-0.25, -0.2) is 0 Å². The third kappa shape index (κ3) is 5.21. The van der Waals surface area contributed by atoms with Crippen LogP contribution in [0.4, 0.5) is 0 Å². The maximum absolute atomic E-state index is 12.0. The first-order chi connectivity index (χ1) is 11.1. The minimum atomic E-state index is -0.181. The van der Waals surface area contributed by atoms with Crippen molar-refractivity contribution in [2.75, 3.05) is 6.61 Å². The van der Waals surface area contributed by atoms with Crippen molar-refractivity contribution in [2.24, 2.45) is 0 Å². The highest BCUT2D eigenvalue weighted by Gasteiger charge is 2.13. The average Bonchev–Trinajstić information content (AvgIpc) is 2.59. The molecule has 1 N–H and O–H groups in total. The van der Waals surface area contributed by atoms with Gasteiger partial charge >= 0.3 is 0 Å². The lowest BCUT2D eigenvalue weighted by Gasteiger charge is -2.17. The van der Waals surface area contributed by atoms with Crippen molar-refractivity contribution >= 4 is 28.1 Å². The molecule has 120 valence electrons. The minimum absolute atomic E-state index is 0.0448. The number of rotatable bonds is 7. The standard InChI is InChI=1S/C18H18BrNO3/c1-2-17(14-5-7-15(19)8-6-14)20-18(22)12-23-16-9-3-13(11-21)4-10-16/h3-11,17H,2,12H2,1H3,(H,20,22)/t17-/m0/s1. The molecule has 0 bridgehead atoms. The van der Waals surface area contributed by atoms with Crippen LogP contribution in [0.15, 0.2) is 53.0 Å². The molecule has 0 aromatic heterocycles. The Hall–Kier alpha value is -2.14. The van der Waals surface area contributed by atoms with Crippen LogP contribution in [0.25, 0.3) is 0 Å². The van der Waals surface area contributed by atoms with Crippen LogP contribution < -0.4 is 10.1 Å². The van der Waals surface area contributed by atoms with E-state index in [1.54, 1.807) is 24.3 Å². The number of nitrogens with one attached hydrogen (secondary N) is 1. The van der Waals surface area contributed by atoms with Gasteiger partial charge in [0, 0.05) is 10.0 Å². The molecule has 0 unspecified atom stereocenters. The normalized spacial score (nSPS) is 11.6. The highest BCUT2D eigenvalue weighted by Crippen LogP contribution is 2.19. The second-order valence-corrected chi connectivity index (χ2v) is 5.97. The first kappa shape index (κ1) is 17.2. The third-order valence-corrected chi connectivity index (χ3v) is 3.93. The van der Waals surface area contributed by atoms with E-state index < -0.39 is 0 Å². The first-order valence-corrected chi connectivity index (χ1v) is 8.14. The monoisotopic (exact) mass is 375 g/mol. The molecule has 0 aliphatic carbocycles. The van der Waals surface area contributed by atoms with Gasteiger partial charge in [0.05, 0.1) is 6.04 Å². The predicted octanol–water partition coefficient (Wildman–Crippen LogP) is 3.91. The van der Waals surface area contributed by atoms with E-state index in [0.29, 0.717) is 11.3 Å². The number of aldehydes is 1. The Kier molecular flexibility index (Phi) is 6.35. The summed E-state index contributed by atoms with van der Waals surface area (Å²) >= 11 is 3.40. The number of ether oxygens (including phenoxy) is 1. The summed E-state index contributed by atoms with van der Waals surface area (Å²) in [5.74, 6) is 0.377. The highest BCUT2D eigenvalue weighted by atomic mass is 79.9. The van der Waals surface area contributed by atoms with E-state index in [4.69, 9.17) is 4.74 Å². The average molecular weight is 376 g/mol. The predicted molar refractivity (Wildman–Crippen MR) is 92.6 cm³/mol. The van der Waals surface area contributed by atoms with Gasteiger partial charge in [-0.3, -0.25) is 9.59 Å². The molecule has 5 heteroatoms. The molecular formula is C18H18BrNO3. The summed E-state index contributed by atoms with van der Waals surface area (Å²) in [7, 11) is 0. The van der Waals surface area contributed by atoms with Gasteiger partial charge in [-0.15, -0.1) is 0 Å². The van der Waals surface area contributed by atoms with Gasteiger partial charge in [0.2, 0.25) is 0 Å². The second kappa shape index (κ2) is 8.48. The molecular weight excluding hydrogens is 358 g/mol. The van der Waals surface area contributed by atoms with Crippen LogP contribution in [0.3, 0.4) is 0 Å². The topological polar surface area (TPSA) is 55.4 Å². The molecule has 2 aromatic rings. The number of hydrogen-bond acceptors (Lipinski definition) is 3. The molecule has 0 heterocycles. The number of halogens is 1. The Morgan fingerprint density at radius 1 is 1.17 bits per heavy atom. The Bertz CT molecular complexity index is 653. The second-order valence-electron chi connectivity index (χ2n) is 5.06. The van der Waals surface area contributed by atoms with Crippen molar-refractivity contribution in [1.29, 1.82) is 0 Å². The van der Waals surface area contributed by atoms with Gasteiger partial charge in [0.25, 0.3) is 5.91 Å². The van der Waals surface area contributed by atoms with Crippen molar-refractivity contribution in [2.45, 2.75) is 19.4 Å².